The third kappa shape index (κ3) is 4.92. The van der Waals surface area contributed by atoms with Gasteiger partial charge in [0.05, 0.1) is 7.11 Å². The summed E-state index contributed by atoms with van der Waals surface area (Å²) in [4.78, 5) is 0. The molecule has 0 unspecified atom stereocenters. The number of methoxy groups -OCH3 is 1. The van der Waals surface area contributed by atoms with Crippen molar-refractivity contribution in [3.8, 4) is 16.9 Å². The average molecular weight is 437 g/mol. The van der Waals surface area contributed by atoms with E-state index in [9.17, 15) is 13.2 Å². The van der Waals surface area contributed by atoms with E-state index in [2.05, 4.69) is 6.92 Å². The molecule has 0 aromatic heterocycles. The predicted octanol–water partition coefficient (Wildman–Crippen LogP) is 7.30. The molecule has 2 aliphatic carbocycles. The van der Waals surface area contributed by atoms with E-state index in [-0.39, 0.29) is 24.1 Å². The Morgan fingerprint density at radius 1 is 0.806 bits per heavy atom. The molecule has 31 heavy (non-hydrogen) atoms. The van der Waals surface area contributed by atoms with Gasteiger partial charge in [-0.2, -0.15) is 0 Å². The minimum Gasteiger partial charge on any atom is -0.494 e. The van der Waals surface area contributed by atoms with Crippen molar-refractivity contribution < 1.29 is 24.8 Å². The minimum atomic E-state index is -0.888. The first-order valence-electron chi connectivity index (χ1n) is 11.3. The standard InChI is InChI=1S/C26H31F3O.H2O.H2/c1-16-3-5-17(6-4-16)18-7-9-19(10-8-18)21-12-13-22(26(29)25(21)28)20-11-14-24(30-2)23(27)15-20;;/h11-19H,3-10H2,1-2H3;1H2;1H. The first kappa shape index (κ1) is 23.6. The molecule has 0 radical (unpaired) electrons. The van der Waals surface area contributed by atoms with Crippen LogP contribution in [0, 0.1) is 35.2 Å². The predicted molar refractivity (Wildman–Crippen MR) is 120 cm³/mol. The van der Waals surface area contributed by atoms with Gasteiger partial charge in [0.2, 0.25) is 0 Å². The normalized spacial score (nSPS) is 26.2. The van der Waals surface area contributed by atoms with Crippen LogP contribution in [0.15, 0.2) is 30.3 Å². The molecule has 0 spiro atoms. The number of hydrogen-bond donors (Lipinski definition) is 0. The van der Waals surface area contributed by atoms with E-state index in [4.69, 9.17) is 4.74 Å². The van der Waals surface area contributed by atoms with Gasteiger partial charge in [-0.1, -0.05) is 38.0 Å². The van der Waals surface area contributed by atoms with Crippen LogP contribution >= 0.6 is 0 Å². The third-order valence-corrected chi connectivity index (χ3v) is 7.51. The highest BCUT2D eigenvalue weighted by Crippen LogP contribution is 2.45. The molecule has 0 atom stereocenters. The summed E-state index contributed by atoms with van der Waals surface area (Å²) in [6.45, 7) is 2.34. The van der Waals surface area contributed by atoms with Crippen LogP contribution in [0.3, 0.4) is 0 Å². The smallest absolute Gasteiger partial charge is 0.166 e. The van der Waals surface area contributed by atoms with Gasteiger partial charge < -0.3 is 10.2 Å². The Bertz CT molecular complexity index is 889. The fourth-order valence-electron chi connectivity index (χ4n) is 5.60. The fourth-order valence-corrected chi connectivity index (χ4v) is 5.60. The van der Waals surface area contributed by atoms with E-state index in [0.29, 0.717) is 11.1 Å². The quantitative estimate of drug-likeness (QED) is 0.496. The average Bonchev–Trinajstić information content (AvgIpc) is 2.76. The second-order valence-electron chi connectivity index (χ2n) is 9.31. The Labute approximate surface area is 184 Å². The SMILES string of the molecule is COc1ccc(-c2ccc(C3CCC(C4CCC(C)CC4)CC3)c(F)c2F)cc1F.O.[HH]. The van der Waals surface area contributed by atoms with Crippen molar-refractivity contribution in [2.75, 3.05) is 7.11 Å². The van der Waals surface area contributed by atoms with Crippen LogP contribution in [0.1, 0.15) is 71.2 Å². The van der Waals surface area contributed by atoms with Crippen molar-refractivity contribution in [2.24, 2.45) is 17.8 Å². The molecule has 2 aromatic carbocycles. The van der Waals surface area contributed by atoms with E-state index in [1.54, 1.807) is 18.2 Å². The molecular formula is C26H35F3O2. The fraction of sp³-hybridized carbons (Fsp3) is 0.538. The van der Waals surface area contributed by atoms with Crippen molar-refractivity contribution >= 4 is 0 Å². The molecule has 0 heterocycles. The highest BCUT2D eigenvalue weighted by atomic mass is 19.2. The Kier molecular flexibility index (Phi) is 7.68. The van der Waals surface area contributed by atoms with Gasteiger partial charge in [0.25, 0.3) is 0 Å². The summed E-state index contributed by atoms with van der Waals surface area (Å²) in [7, 11) is 1.37. The number of rotatable bonds is 4. The van der Waals surface area contributed by atoms with Gasteiger partial charge in [0.1, 0.15) is 0 Å². The van der Waals surface area contributed by atoms with Crippen molar-refractivity contribution in [2.45, 2.75) is 64.2 Å². The second-order valence-corrected chi connectivity index (χ2v) is 9.31. The van der Waals surface area contributed by atoms with Gasteiger partial charge in [0.15, 0.2) is 23.2 Å². The maximum absolute atomic E-state index is 15.0. The van der Waals surface area contributed by atoms with Gasteiger partial charge in [-0.05, 0) is 85.5 Å². The molecule has 4 rings (SSSR count). The van der Waals surface area contributed by atoms with Crippen molar-refractivity contribution in [1.29, 1.82) is 0 Å². The van der Waals surface area contributed by atoms with Crippen molar-refractivity contribution in [3.63, 3.8) is 0 Å². The van der Waals surface area contributed by atoms with Gasteiger partial charge in [0, 0.05) is 6.99 Å². The zero-order chi connectivity index (χ0) is 21.3. The molecule has 0 saturated heterocycles. The van der Waals surface area contributed by atoms with E-state index >= 15 is 0 Å². The molecule has 0 amide bonds. The highest BCUT2D eigenvalue weighted by molar-refractivity contribution is 5.66. The molecule has 2 saturated carbocycles. The summed E-state index contributed by atoms with van der Waals surface area (Å²) >= 11 is 0. The molecule has 2 aromatic rings. The lowest BCUT2D eigenvalue weighted by Crippen LogP contribution is -2.25. The maximum Gasteiger partial charge on any atom is 0.166 e. The summed E-state index contributed by atoms with van der Waals surface area (Å²) in [5.41, 5.74) is 0.871. The van der Waals surface area contributed by atoms with Gasteiger partial charge >= 0.3 is 0 Å². The lowest BCUT2D eigenvalue weighted by Gasteiger charge is -2.37. The molecule has 0 bridgehead atoms. The molecule has 172 valence electrons. The van der Waals surface area contributed by atoms with Crippen LogP contribution < -0.4 is 4.74 Å². The van der Waals surface area contributed by atoms with E-state index in [0.717, 1.165) is 43.4 Å². The molecule has 2 fully saturated rings. The van der Waals surface area contributed by atoms with Crippen LogP contribution in [-0.2, 0) is 0 Å². The number of ether oxygens (including phenoxy) is 1. The van der Waals surface area contributed by atoms with Crippen LogP contribution in [0.5, 0.6) is 5.75 Å². The first-order chi connectivity index (χ1) is 14.5. The zero-order valence-electron chi connectivity index (χ0n) is 18.4. The topological polar surface area (TPSA) is 40.7 Å². The number of hydrogen-bond acceptors (Lipinski definition) is 1. The Morgan fingerprint density at radius 3 is 2.00 bits per heavy atom. The molecule has 2 aliphatic rings. The highest BCUT2D eigenvalue weighted by Gasteiger charge is 2.32. The zero-order valence-corrected chi connectivity index (χ0v) is 18.4. The minimum absolute atomic E-state index is 0. The van der Waals surface area contributed by atoms with Crippen molar-refractivity contribution in [3.05, 3.63) is 53.3 Å². The van der Waals surface area contributed by atoms with Gasteiger partial charge in [-0.15, -0.1) is 0 Å². The van der Waals surface area contributed by atoms with Crippen LogP contribution in [0.2, 0.25) is 0 Å². The number of halogens is 3. The lowest BCUT2D eigenvalue weighted by molar-refractivity contribution is 0.164. The Balaban J connectivity index is 0.00000181. The molecular weight excluding hydrogens is 401 g/mol. The van der Waals surface area contributed by atoms with Crippen molar-refractivity contribution in [1.82, 2.24) is 0 Å². The summed E-state index contributed by atoms with van der Waals surface area (Å²) in [6, 6.07) is 7.46. The summed E-state index contributed by atoms with van der Waals surface area (Å²) in [5, 5.41) is 0. The summed E-state index contributed by atoms with van der Waals surface area (Å²) in [5.74, 6) is 0.306. The maximum atomic E-state index is 15.0. The summed E-state index contributed by atoms with van der Waals surface area (Å²) < 4.78 is 48.8. The monoisotopic (exact) mass is 436 g/mol. The second kappa shape index (κ2) is 10.1. The third-order valence-electron chi connectivity index (χ3n) is 7.51. The van der Waals surface area contributed by atoms with Gasteiger partial charge in [-0.25, -0.2) is 13.2 Å². The van der Waals surface area contributed by atoms with E-state index in [1.807, 2.05) is 0 Å². The molecule has 0 aliphatic heterocycles. The van der Waals surface area contributed by atoms with Crippen LogP contribution in [-0.4, -0.2) is 12.6 Å². The molecule has 2 N–H and O–H groups in total. The van der Waals surface area contributed by atoms with E-state index < -0.39 is 17.5 Å². The lowest BCUT2D eigenvalue weighted by atomic mass is 9.68. The molecule has 5 heteroatoms. The number of benzene rings is 2. The largest absolute Gasteiger partial charge is 0.494 e. The first-order valence-corrected chi connectivity index (χ1v) is 11.3. The van der Waals surface area contributed by atoms with Crippen LogP contribution in [0.25, 0.3) is 11.1 Å². The Hall–Kier alpha value is -2.01. The Morgan fingerprint density at radius 2 is 1.42 bits per heavy atom. The van der Waals surface area contributed by atoms with E-state index in [1.165, 1.54) is 44.9 Å². The van der Waals surface area contributed by atoms with Crippen LogP contribution in [0.4, 0.5) is 13.2 Å². The van der Waals surface area contributed by atoms with Gasteiger partial charge in [-0.3, -0.25) is 0 Å². The summed E-state index contributed by atoms with van der Waals surface area (Å²) in [6.07, 6.45) is 9.37. The molecule has 2 nitrogen and oxygen atoms in total.